The molecule has 0 aliphatic heterocycles. The smallest absolute Gasteiger partial charge is 0.116 e. The van der Waals surface area contributed by atoms with Crippen molar-refractivity contribution in [3.8, 4) is 16.9 Å². The summed E-state index contributed by atoms with van der Waals surface area (Å²) in [5.41, 5.74) is 3.40. The van der Waals surface area contributed by atoms with E-state index < -0.39 is 0 Å². The van der Waals surface area contributed by atoms with E-state index in [0.717, 1.165) is 11.1 Å². The maximum absolute atomic E-state index is 9.49. The number of phenols is 1. The molecular formula is C12H12OS. The van der Waals surface area contributed by atoms with Gasteiger partial charge in [0.1, 0.15) is 5.75 Å². The Morgan fingerprint density at radius 3 is 2.50 bits per heavy atom. The predicted octanol–water partition coefficient (Wildman–Crippen LogP) is 3.74. The molecule has 0 spiro atoms. The molecule has 0 radical (unpaired) electrons. The Bertz CT molecular complexity index is 437. The minimum Gasteiger partial charge on any atom is -0.508 e. The Kier molecular flexibility index (Phi) is 2.30. The molecule has 1 N–H and O–H groups in total. The van der Waals surface area contributed by atoms with Crippen molar-refractivity contribution in [2.45, 2.75) is 13.8 Å². The molecule has 2 heteroatoms. The van der Waals surface area contributed by atoms with Crippen LogP contribution in [0.15, 0.2) is 29.6 Å². The van der Waals surface area contributed by atoms with Gasteiger partial charge in [-0.15, -0.1) is 11.3 Å². The molecule has 0 amide bonds. The van der Waals surface area contributed by atoms with E-state index in [1.54, 1.807) is 17.4 Å². The number of thiophene rings is 1. The van der Waals surface area contributed by atoms with Crippen molar-refractivity contribution in [2.24, 2.45) is 0 Å². The van der Waals surface area contributed by atoms with E-state index in [1.807, 2.05) is 13.0 Å². The van der Waals surface area contributed by atoms with Gasteiger partial charge < -0.3 is 5.11 Å². The monoisotopic (exact) mass is 204 g/mol. The van der Waals surface area contributed by atoms with Crippen LogP contribution in [0.2, 0.25) is 0 Å². The highest BCUT2D eigenvalue weighted by atomic mass is 32.1. The van der Waals surface area contributed by atoms with E-state index in [4.69, 9.17) is 0 Å². The fourth-order valence-electron chi connectivity index (χ4n) is 1.60. The first kappa shape index (κ1) is 9.28. The first-order valence-corrected chi connectivity index (χ1v) is 5.40. The molecule has 1 aromatic carbocycles. The van der Waals surface area contributed by atoms with Crippen molar-refractivity contribution < 1.29 is 5.11 Å². The minimum absolute atomic E-state index is 0.339. The highest BCUT2D eigenvalue weighted by Crippen LogP contribution is 2.30. The molecule has 2 aromatic rings. The van der Waals surface area contributed by atoms with Gasteiger partial charge >= 0.3 is 0 Å². The predicted molar refractivity (Wildman–Crippen MR) is 60.9 cm³/mol. The van der Waals surface area contributed by atoms with Gasteiger partial charge in [0.2, 0.25) is 0 Å². The molecule has 0 aliphatic carbocycles. The third-order valence-corrected chi connectivity index (χ3v) is 3.08. The third kappa shape index (κ3) is 1.66. The lowest BCUT2D eigenvalue weighted by molar-refractivity contribution is 0.475. The van der Waals surface area contributed by atoms with Crippen LogP contribution in [-0.4, -0.2) is 5.11 Å². The van der Waals surface area contributed by atoms with Crippen molar-refractivity contribution in [3.63, 3.8) is 0 Å². The van der Waals surface area contributed by atoms with Crippen molar-refractivity contribution in [1.82, 2.24) is 0 Å². The highest BCUT2D eigenvalue weighted by Gasteiger charge is 2.04. The number of benzene rings is 1. The summed E-state index contributed by atoms with van der Waals surface area (Å²) in [6.45, 7) is 4.09. The van der Waals surface area contributed by atoms with E-state index in [9.17, 15) is 5.11 Å². The molecule has 0 unspecified atom stereocenters. The molecule has 0 fully saturated rings. The molecule has 0 saturated carbocycles. The standard InChI is InChI=1S/C12H12OS/c1-8-5-10(7-11(13)6-8)12-3-4-14-9(12)2/h3-7,13H,1-2H3. The topological polar surface area (TPSA) is 20.2 Å². The Morgan fingerprint density at radius 2 is 1.93 bits per heavy atom. The molecule has 2 rings (SSSR count). The largest absolute Gasteiger partial charge is 0.508 e. The molecule has 0 bridgehead atoms. The summed E-state index contributed by atoms with van der Waals surface area (Å²) in [7, 11) is 0. The Hall–Kier alpha value is -1.28. The van der Waals surface area contributed by atoms with Crippen molar-refractivity contribution in [3.05, 3.63) is 40.1 Å². The average Bonchev–Trinajstić information content (AvgIpc) is 2.49. The number of aryl methyl sites for hydroxylation is 2. The van der Waals surface area contributed by atoms with Gasteiger partial charge in [-0.05, 0) is 54.1 Å². The maximum Gasteiger partial charge on any atom is 0.116 e. The number of hydrogen-bond acceptors (Lipinski definition) is 2. The third-order valence-electron chi connectivity index (χ3n) is 2.23. The van der Waals surface area contributed by atoms with Gasteiger partial charge in [-0.2, -0.15) is 0 Å². The van der Waals surface area contributed by atoms with Gasteiger partial charge in [0.25, 0.3) is 0 Å². The van der Waals surface area contributed by atoms with Crippen molar-refractivity contribution in [1.29, 1.82) is 0 Å². The number of hydrogen-bond donors (Lipinski definition) is 1. The fourth-order valence-corrected chi connectivity index (χ4v) is 2.32. The van der Waals surface area contributed by atoms with Crippen LogP contribution in [0.25, 0.3) is 11.1 Å². The van der Waals surface area contributed by atoms with Crippen molar-refractivity contribution in [2.75, 3.05) is 0 Å². The second-order valence-electron chi connectivity index (χ2n) is 3.45. The second kappa shape index (κ2) is 3.46. The van der Waals surface area contributed by atoms with Crippen LogP contribution in [-0.2, 0) is 0 Å². The van der Waals surface area contributed by atoms with Crippen molar-refractivity contribution >= 4 is 11.3 Å². The van der Waals surface area contributed by atoms with E-state index >= 15 is 0 Å². The molecular weight excluding hydrogens is 192 g/mol. The van der Waals surface area contributed by atoms with Crippen LogP contribution in [0.3, 0.4) is 0 Å². The molecule has 72 valence electrons. The molecule has 0 atom stereocenters. The summed E-state index contributed by atoms with van der Waals surface area (Å²) < 4.78 is 0. The van der Waals surface area contributed by atoms with Gasteiger partial charge in [0.05, 0.1) is 0 Å². The zero-order valence-corrected chi connectivity index (χ0v) is 9.06. The van der Waals surface area contributed by atoms with Crippen LogP contribution in [0.4, 0.5) is 0 Å². The lowest BCUT2D eigenvalue weighted by Gasteiger charge is -2.03. The van der Waals surface area contributed by atoms with Crippen LogP contribution in [0.1, 0.15) is 10.4 Å². The van der Waals surface area contributed by atoms with Gasteiger partial charge in [-0.25, -0.2) is 0 Å². The molecule has 1 nitrogen and oxygen atoms in total. The number of aromatic hydroxyl groups is 1. The maximum atomic E-state index is 9.49. The summed E-state index contributed by atoms with van der Waals surface area (Å²) in [5, 5.41) is 11.6. The molecule has 14 heavy (non-hydrogen) atoms. The summed E-state index contributed by atoms with van der Waals surface area (Å²) in [4.78, 5) is 1.29. The van der Waals surface area contributed by atoms with Crippen LogP contribution in [0.5, 0.6) is 5.75 Å². The SMILES string of the molecule is Cc1cc(O)cc(-c2ccsc2C)c1. The summed E-state index contributed by atoms with van der Waals surface area (Å²) in [6, 6.07) is 7.76. The molecule has 1 aromatic heterocycles. The van der Waals surface area contributed by atoms with Crippen LogP contribution < -0.4 is 0 Å². The second-order valence-corrected chi connectivity index (χ2v) is 4.57. The zero-order valence-electron chi connectivity index (χ0n) is 8.24. The van der Waals surface area contributed by atoms with E-state index in [2.05, 4.69) is 24.4 Å². The van der Waals surface area contributed by atoms with Gasteiger partial charge in [0, 0.05) is 4.88 Å². The Labute approximate surface area is 87.7 Å². The first-order valence-electron chi connectivity index (χ1n) is 4.52. The molecule has 0 saturated heterocycles. The quantitative estimate of drug-likeness (QED) is 0.750. The summed E-state index contributed by atoms with van der Waals surface area (Å²) in [5.74, 6) is 0.339. The first-order chi connectivity index (χ1) is 6.66. The number of phenolic OH excluding ortho intramolecular Hbond substituents is 1. The lowest BCUT2D eigenvalue weighted by atomic mass is 10.0. The number of rotatable bonds is 1. The summed E-state index contributed by atoms with van der Waals surface area (Å²) in [6.07, 6.45) is 0. The fraction of sp³-hybridized carbons (Fsp3) is 0.167. The lowest BCUT2D eigenvalue weighted by Crippen LogP contribution is -1.79. The Morgan fingerprint density at radius 1 is 1.14 bits per heavy atom. The highest BCUT2D eigenvalue weighted by molar-refractivity contribution is 7.10. The van der Waals surface area contributed by atoms with Gasteiger partial charge in [0.15, 0.2) is 0 Å². The Balaban J connectivity index is 2.57. The zero-order chi connectivity index (χ0) is 10.1. The minimum atomic E-state index is 0.339. The van der Waals surface area contributed by atoms with E-state index in [0.29, 0.717) is 5.75 Å². The van der Waals surface area contributed by atoms with E-state index in [-0.39, 0.29) is 0 Å². The average molecular weight is 204 g/mol. The van der Waals surface area contributed by atoms with Gasteiger partial charge in [-0.1, -0.05) is 6.07 Å². The van der Waals surface area contributed by atoms with Gasteiger partial charge in [-0.3, -0.25) is 0 Å². The van der Waals surface area contributed by atoms with Crippen LogP contribution in [0, 0.1) is 13.8 Å². The molecule has 1 heterocycles. The molecule has 0 aliphatic rings. The normalized spacial score (nSPS) is 10.4. The van der Waals surface area contributed by atoms with Crippen LogP contribution >= 0.6 is 11.3 Å². The van der Waals surface area contributed by atoms with E-state index in [1.165, 1.54) is 10.4 Å². The summed E-state index contributed by atoms with van der Waals surface area (Å²) >= 11 is 1.73.